The molecule has 2 N–H and O–H groups in total. The molecule has 1 aromatic heterocycles. The van der Waals surface area contributed by atoms with E-state index in [2.05, 4.69) is 16.4 Å². The van der Waals surface area contributed by atoms with Gasteiger partial charge in [-0.3, -0.25) is 9.59 Å². The number of aromatic nitrogens is 1. The number of hydrogen-bond donors (Lipinski definition) is 2. The molecule has 2 amide bonds. The molecule has 1 fully saturated rings. The summed E-state index contributed by atoms with van der Waals surface area (Å²) in [5.41, 5.74) is 3.29. The van der Waals surface area contributed by atoms with Crippen molar-refractivity contribution in [2.24, 2.45) is 5.92 Å². The molecule has 4 rings (SSSR count). The number of rotatable bonds is 8. The van der Waals surface area contributed by atoms with Crippen LogP contribution in [0.1, 0.15) is 31.4 Å². The Kier molecular flexibility index (Phi) is 6.26. The molecule has 162 valence electrons. The number of benzene rings is 2. The number of likely N-dealkylation sites (tertiary alicyclic amines) is 1. The fourth-order valence-electron chi connectivity index (χ4n) is 4.07. The highest BCUT2D eigenvalue weighted by Crippen LogP contribution is 2.24. The number of carbonyl (C=O) groups excluding carboxylic acids is 2. The second kappa shape index (κ2) is 9.25. The molecule has 0 radical (unpaired) electrons. The van der Waals surface area contributed by atoms with E-state index in [1.165, 1.54) is 0 Å². The summed E-state index contributed by atoms with van der Waals surface area (Å²) in [5.74, 6) is 0.603. The molecule has 1 saturated heterocycles. The van der Waals surface area contributed by atoms with Crippen LogP contribution in [0.25, 0.3) is 10.9 Å². The minimum Gasteiger partial charge on any atom is -0.489 e. The van der Waals surface area contributed by atoms with Crippen molar-refractivity contribution in [2.75, 3.05) is 13.1 Å². The number of aromatic amines is 1. The lowest BCUT2D eigenvalue weighted by Gasteiger charge is -2.20. The Morgan fingerprint density at radius 3 is 2.77 bits per heavy atom. The molecule has 0 saturated carbocycles. The van der Waals surface area contributed by atoms with Gasteiger partial charge in [-0.25, -0.2) is 0 Å². The monoisotopic (exact) mass is 419 g/mol. The Balaban J connectivity index is 1.30. The smallest absolute Gasteiger partial charge is 0.225 e. The number of fused-ring (bicyclic) bond motifs is 1. The van der Waals surface area contributed by atoms with Crippen molar-refractivity contribution in [1.29, 1.82) is 0 Å². The Bertz CT molecular complexity index is 1060. The van der Waals surface area contributed by atoms with Gasteiger partial charge in [0.1, 0.15) is 12.4 Å². The number of nitrogens with one attached hydrogen (secondary N) is 2. The van der Waals surface area contributed by atoms with Gasteiger partial charge >= 0.3 is 0 Å². The molecular weight excluding hydrogens is 390 g/mol. The third kappa shape index (κ3) is 4.90. The Labute approximate surface area is 182 Å². The second-order valence-electron chi connectivity index (χ2n) is 8.38. The van der Waals surface area contributed by atoms with Crippen LogP contribution in [0.4, 0.5) is 0 Å². The topological polar surface area (TPSA) is 74.4 Å². The predicted molar refractivity (Wildman–Crippen MR) is 121 cm³/mol. The third-order valence-corrected chi connectivity index (χ3v) is 5.83. The van der Waals surface area contributed by atoms with Gasteiger partial charge < -0.3 is 19.9 Å². The summed E-state index contributed by atoms with van der Waals surface area (Å²) >= 11 is 0. The van der Waals surface area contributed by atoms with E-state index < -0.39 is 0 Å². The van der Waals surface area contributed by atoms with Gasteiger partial charge in [0.25, 0.3) is 0 Å². The molecule has 3 aromatic rings. The quantitative estimate of drug-likeness (QED) is 0.585. The highest BCUT2D eigenvalue weighted by Gasteiger charge is 2.35. The normalized spacial score (nSPS) is 16.3. The van der Waals surface area contributed by atoms with E-state index in [0.717, 1.165) is 34.2 Å². The summed E-state index contributed by atoms with van der Waals surface area (Å²) in [6.45, 7) is 5.55. The first-order chi connectivity index (χ1) is 15.0. The van der Waals surface area contributed by atoms with Gasteiger partial charge in [-0.1, -0.05) is 30.3 Å². The SMILES string of the molecule is CC(C)N1CC(C(=O)NCCc2c[nH]c3cc(OCc4ccccc4)ccc23)CC1=O. The van der Waals surface area contributed by atoms with E-state index in [1.807, 2.05) is 62.5 Å². The fraction of sp³-hybridized carbons (Fsp3) is 0.360. The molecule has 1 aliphatic heterocycles. The molecule has 1 unspecified atom stereocenters. The van der Waals surface area contributed by atoms with Crippen LogP contribution in [-0.4, -0.2) is 40.8 Å². The molecule has 0 bridgehead atoms. The van der Waals surface area contributed by atoms with Gasteiger partial charge in [0.05, 0.1) is 5.92 Å². The summed E-state index contributed by atoms with van der Waals surface area (Å²) < 4.78 is 5.90. The first-order valence-electron chi connectivity index (χ1n) is 10.8. The van der Waals surface area contributed by atoms with E-state index in [4.69, 9.17) is 4.74 Å². The molecule has 1 atom stereocenters. The van der Waals surface area contributed by atoms with Crippen LogP contribution < -0.4 is 10.1 Å². The molecule has 31 heavy (non-hydrogen) atoms. The van der Waals surface area contributed by atoms with Crippen molar-refractivity contribution in [3.63, 3.8) is 0 Å². The van der Waals surface area contributed by atoms with Crippen molar-refractivity contribution >= 4 is 22.7 Å². The minimum absolute atomic E-state index is 0.0343. The van der Waals surface area contributed by atoms with E-state index in [9.17, 15) is 9.59 Å². The Hall–Kier alpha value is -3.28. The molecule has 0 aliphatic carbocycles. The fourth-order valence-corrected chi connectivity index (χ4v) is 4.07. The number of amides is 2. The zero-order valence-electron chi connectivity index (χ0n) is 18.1. The van der Waals surface area contributed by atoms with Gasteiger partial charge in [-0.15, -0.1) is 0 Å². The number of carbonyl (C=O) groups is 2. The second-order valence-corrected chi connectivity index (χ2v) is 8.38. The first kappa shape index (κ1) is 21.0. The van der Waals surface area contributed by atoms with Gasteiger partial charge in [-0.2, -0.15) is 0 Å². The first-order valence-corrected chi connectivity index (χ1v) is 10.8. The van der Waals surface area contributed by atoms with Gasteiger partial charge in [-0.05, 0) is 43.5 Å². The van der Waals surface area contributed by atoms with Crippen LogP contribution in [0.5, 0.6) is 5.75 Å². The zero-order valence-corrected chi connectivity index (χ0v) is 18.1. The lowest BCUT2D eigenvalue weighted by molar-refractivity contribution is -0.129. The highest BCUT2D eigenvalue weighted by molar-refractivity contribution is 5.89. The Morgan fingerprint density at radius 1 is 1.23 bits per heavy atom. The zero-order chi connectivity index (χ0) is 21.8. The van der Waals surface area contributed by atoms with Gasteiger partial charge in [0.2, 0.25) is 11.8 Å². The highest BCUT2D eigenvalue weighted by atomic mass is 16.5. The van der Waals surface area contributed by atoms with Gasteiger partial charge in [0, 0.05) is 48.7 Å². The lowest BCUT2D eigenvalue weighted by atomic mass is 10.1. The molecule has 1 aliphatic rings. The van der Waals surface area contributed by atoms with Crippen LogP contribution in [0, 0.1) is 5.92 Å². The van der Waals surface area contributed by atoms with Crippen molar-refractivity contribution in [3.05, 3.63) is 65.9 Å². The standard InChI is InChI=1S/C25H29N3O3/c1-17(2)28-15-20(12-24(28)29)25(30)26-11-10-19-14-27-23-13-21(8-9-22(19)23)31-16-18-6-4-3-5-7-18/h3-9,13-14,17,20,27H,10-12,15-16H2,1-2H3,(H,26,30). The maximum Gasteiger partial charge on any atom is 0.225 e. The molecular formula is C25H29N3O3. The van der Waals surface area contributed by atoms with Crippen LogP contribution in [0.15, 0.2) is 54.7 Å². The maximum absolute atomic E-state index is 12.5. The minimum atomic E-state index is -0.248. The summed E-state index contributed by atoms with van der Waals surface area (Å²) in [6.07, 6.45) is 3.02. The molecule has 2 aromatic carbocycles. The van der Waals surface area contributed by atoms with Crippen LogP contribution in [-0.2, 0) is 22.6 Å². The largest absolute Gasteiger partial charge is 0.489 e. The number of ether oxygens (including phenoxy) is 1. The molecule has 2 heterocycles. The molecule has 6 nitrogen and oxygen atoms in total. The summed E-state index contributed by atoms with van der Waals surface area (Å²) in [7, 11) is 0. The van der Waals surface area contributed by atoms with E-state index in [0.29, 0.717) is 26.1 Å². The van der Waals surface area contributed by atoms with Gasteiger partial charge in [0.15, 0.2) is 0 Å². The average molecular weight is 420 g/mol. The Morgan fingerprint density at radius 2 is 2.03 bits per heavy atom. The third-order valence-electron chi connectivity index (χ3n) is 5.83. The maximum atomic E-state index is 12.5. The van der Waals surface area contributed by atoms with E-state index in [-0.39, 0.29) is 23.8 Å². The van der Waals surface area contributed by atoms with Crippen molar-refractivity contribution < 1.29 is 14.3 Å². The molecule has 6 heteroatoms. The summed E-state index contributed by atoms with van der Waals surface area (Å²) in [4.78, 5) is 29.6. The van der Waals surface area contributed by atoms with Crippen molar-refractivity contribution in [3.8, 4) is 5.75 Å². The van der Waals surface area contributed by atoms with Crippen LogP contribution >= 0.6 is 0 Å². The molecule has 0 spiro atoms. The average Bonchev–Trinajstić information content (AvgIpc) is 3.36. The van der Waals surface area contributed by atoms with Crippen LogP contribution in [0.3, 0.4) is 0 Å². The lowest BCUT2D eigenvalue weighted by Crippen LogP contribution is -2.36. The van der Waals surface area contributed by atoms with E-state index in [1.54, 1.807) is 4.90 Å². The van der Waals surface area contributed by atoms with Crippen molar-refractivity contribution in [1.82, 2.24) is 15.2 Å². The number of nitrogens with zero attached hydrogens (tertiary/aromatic N) is 1. The predicted octanol–water partition coefficient (Wildman–Crippen LogP) is 3.66. The number of hydrogen-bond acceptors (Lipinski definition) is 3. The summed E-state index contributed by atoms with van der Waals surface area (Å²) in [6, 6.07) is 16.3. The van der Waals surface area contributed by atoms with Crippen molar-refractivity contribution in [2.45, 2.75) is 39.3 Å². The van der Waals surface area contributed by atoms with E-state index >= 15 is 0 Å². The number of H-pyrrole nitrogens is 1. The van der Waals surface area contributed by atoms with Crippen LogP contribution in [0.2, 0.25) is 0 Å². The summed E-state index contributed by atoms with van der Waals surface area (Å²) in [5, 5.41) is 4.13.